The zero-order chi connectivity index (χ0) is 21.6. The monoisotopic (exact) mass is 419 g/mol. The van der Waals surface area contributed by atoms with Crippen molar-refractivity contribution in [3.63, 3.8) is 0 Å². The summed E-state index contributed by atoms with van der Waals surface area (Å²) in [4.78, 5) is 19.4. The van der Waals surface area contributed by atoms with Crippen LogP contribution in [-0.4, -0.2) is 93.4 Å². The van der Waals surface area contributed by atoms with Gasteiger partial charge in [-0.2, -0.15) is 0 Å². The van der Waals surface area contributed by atoms with Crippen LogP contribution >= 0.6 is 0 Å². The van der Waals surface area contributed by atoms with Gasteiger partial charge in [-0.25, -0.2) is 0 Å². The zero-order valence-corrected chi connectivity index (χ0v) is 19.3. The Hall–Kier alpha value is -1.47. The minimum absolute atomic E-state index is 0.100. The lowest BCUT2D eigenvalue weighted by Crippen LogP contribution is -2.38. The van der Waals surface area contributed by atoms with Crippen molar-refractivity contribution in [2.75, 3.05) is 72.7 Å². The smallest absolute Gasteiger partial charge is 0.253 e. The fraction of sp³-hybridized carbons (Fsp3) is 0.708. The highest BCUT2D eigenvalue weighted by molar-refractivity contribution is 5.94. The third-order valence-electron chi connectivity index (χ3n) is 5.67. The van der Waals surface area contributed by atoms with Gasteiger partial charge in [-0.1, -0.05) is 18.6 Å². The maximum atomic E-state index is 12.8. The van der Waals surface area contributed by atoms with Crippen molar-refractivity contribution in [1.82, 2.24) is 14.7 Å². The first-order valence-electron chi connectivity index (χ1n) is 11.6. The molecule has 0 aliphatic carbocycles. The van der Waals surface area contributed by atoms with E-state index in [2.05, 4.69) is 21.9 Å². The number of nitrogens with zero attached hydrogens (tertiary/aromatic N) is 3. The van der Waals surface area contributed by atoms with Crippen LogP contribution in [0.15, 0.2) is 24.3 Å². The Balaban J connectivity index is 1.83. The molecular weight excluding hydrogens is 378 g/mol. The largest absolute Gasteiger partial charge is 0.380 e. The van der Waals surface area contributed by atoms with Gasteiger partial charge in [0.1, 0.15) is 0 Å². The van der Waals surface area contributed by atoms with E-state index in [0.717, 1.165) is 64.7 Å². The number of carbonyl (C=O) groups excluding carboxylic acids is 1. The highest BCUT2D eigenvalue weighted by Crippen LogP contribution is 2.11. The van der Waals surface area contributed by atoms with Crippen LogP contribution < -0.4 is 0 Å². The van der Waals surface area contributed by atoms with Crippen LogP contribution in [0.5, 0.6) is 0 Å². The topological polar surface area (TPSA) is 45.3 Å². The average molecular weight is 420 g/mol. The van der Waals surface area contributed by atoms with Crippen molar-refractivity contribution in [3.8, 4) is 0 Å². The standard InChI is InChI=1S/C24H41N3O3/c1-4-29-19-17-27(18-20-30-5-2)21-22-9-11-23(12-10-22)24(28)25(3)15-16-26-13-7-6-8-14-26/h9-12H,4-8,13-21H2,1-3H3. The number of amides is 1. The van der Waals surface area contributed by atoms with Crippen LogP contribution in [0, 0.1) is 0 Å². The van der Waals surface area contributed by atoms with Crippen molar-refractivity contribution in [2.24, 2.45) is 0 Å². The van der Waals surface area contributed by atoms with Crippen molar-refractivity contribution >= 4 is 5.91 Å². The number of piperidine rings is 1. The zero-order valence-electron chi connectivity index (χ0n) is 19.3. The SMILES string of the molecule is CCOCCN(CCOCC)Cc1ccc(C(=O)N(C)CCN2CCCCC2)cc1. The lowest BCUT2D eigenvalue weighted by Gasteiger charge is -2.28. The van der Waals surface area contributed by atoms with E-state index in [1.165, 1.54) is 37.9 Å². The van der Waals surface area contributed by atoms with E-state index in [4.69, 9.17) is 9.47 Å². The van der Waals surface area contributed by atoms with Crippen LogP contribution in [0.4, 0.5) is 0 Å². The van der Waals surface area contributed by atoms with E-state index in [-0.39, 0.29) is 5.91 Å². The predicted molar refractivity (Wildman–Crippen MR) is 122 cm³/mol. The molecule has 170 valence electrons. The van der Waals surface area contributed by atoms with Crippen molar-refractivity contribution < 1.29 is 14.3 Å². The number of benzene rings is 1. The number of rotatable bonds is 14. The van der Waals surface area contributed by atoms with E-state index in [1.54, 1.807) is 0 Å². The molecule has 0 aromatic heterocycles. The molecule has 6 heteroatoms. The van der Waals surface area contributed by atoms with E-state index < -0.39 is 0 Å². The summed E-state index contributed by atoms with van der Waals surface area (Å²) in [5.41, 5.74) is 1.96. The second kappa shape index (κ2) is 14.5. The van der Waals surface area contributed by atoms with Gasteiger partial charge in [-0.3, -0.25) is 9.69 Å². The third-order valence-corrected chi connectivity index (χ3v) is 5.67. The van der Waals surface area contributed by atoms with Gasteiger partial charge < -0.3 is 19.3 Å². The van der Waals surface area contributed by atoms with Gasteiger partial charge in [-0.15, -0.1) is 0 Å². The molecule has 6 nitrogen and oxygen atoms in total. The Bertz CT molecular complexity index is 578. The molecule has 1 aromatic rings. The summed E-state index contributed by atoms with van der Waals surface area (Å²) >= 11 is 0. The second-order valence-corrected chi connectivity index (χ2v) is 8.00. The average Bonchev–Trinajstić information content (AvgIpc) is 2.78. The quantitative estimate of drug-likeness (QED) is 0.434. The normalized spacial score (nSPS) is 14.9. The van der Waals surface area contributed by atoms with Gasteiger partial charge in [0.2, 0.25) is 0 Å². The molecular formula is C24H41N3O3. The molecule has 0 saturated carbocycles. The Labute approximate surface area is 183 Å². The highest BCUT2D eigenvalue weighted by atomic mass is 16.5. The van der Waals surface area contributed by atoms with E-state index in [1.807, 2.05) is 37.9 Å². The van der Waals surface area contributed by atoms with E-state index in [0.29, 0.717) is 0 Å². The first kappa shape index (κ1) is 24.8. The van der Waals surface area contributed by atoms with Gasteiger partial charge >= 0.3 is 0 Å². The minimum atomic E-state index is 0.100. The van der Waals surface area contributed by atoms with Gasteiger partial charge in [0.15, 0.2) is 0 Å². The van der Waals surface area contributed by atoms with Crippen LogP contribution in [0.25, 0.3) is 0 Å². The number of ether oxygens (including phenoxy) is 2. The fourth-order valence-corrected chi connectivity index (χ4v) is 3.75. The van der Waals surface area contributed by atoms with E-state index >= 15 is 0 Å². The number of likely N-dealkylation sites (tertiary alicyclic amines) is 1. The third kappa shape index (κ3) is 9.13. The molecule has 1 aromatic carbocycles. The molecule has 0 spiro atoms. The molecule has 0 atom stereocenters. The Morgan fingerprint density at radius 3 is 2.10 bits per heavy atom. The number of hydrogen-bond donors (Lipinski definition) is 0. The van der Waals surface area contributed by atoms with Crippen LogP contribution in [0.2, 0.25) is 0 Å². The molecule has 1 fully saturated rings. The molecule has 1 aliphatic rings. The Morgan fingerprint density at radius 2 is 1.53 bits per heavy atom. The summed E-state index contributed by atoms with van der Waals surface area (Å²) in [5.74, 6) is 0.100. The Morgan fingerprint density at radius 1 is 0.933 bits per heavy atom. The fourth-order valence-electron chi connectivity index (χ4n) is 3.75. The van der Waals surface area contributed by atoms with Gasteiger partial charge in [0.05, 0.1) is 13.2 Å². The summed E-state index contributed by atoms with van der Waals surface area (Å²) in [6, 6.07) is 8.05. The van der Waals surface area contributed by atoms with Crippen molar-refractivity contribution in [3.05, 3.63) is 35.4 Å². The number of hydrogen-bond acceptors (Lipinski definition) is 5. The van der Waals surface area contributed by atoms with Crippen molar-refractivity contribution in [1.29, 1.82) is 0 Å². The Kier molecular flexibility index (Phi) is 12.0. The molecule has 2 rings (SSSR count). The minimum Gasteiger partial charge on any atom is -0.380 e. The van der Waals surface area contributed by atoms with Gasteiger partial charge in [0.25, 0.3) is 5.91 Å². The maximum Gasteiger partial charge on any atom is 0.253 e. The van der Waals surface area contributed by atoms with Gasteiger partial charge in [-0.05, 0) is 57.5 Å². The molecule has 30 heavy (non-hydrogen) atoms. The highest BCUT2D eigenvalue weighted by Gasteiger charge is 2.15. The molecule has 1 aliphatic heterocycles. The lowest BCUT2D eigenvalue weighted by molar-refractivity contribution is 0.0773. The molecule has 0 radical (unpaired) electrons. The number of likely N-dealkylation sites (N-methyl/N-ethyl adjacent to an activating group) is 1. The molecule has 0 bridgehead atoms. The number of carbonyl (C=O) groups is 1. The van der Waals surface area contributed by atoms with Crippen molar-refractivity contribution in [2.45, 2.75) is 39.7 Å². The summed E-state index contributed by atoms with van der Waals surface area (Å²) in [6.45, 7) is 13.6. The summed E-state index contributed by atoms with van der Waals surface area (Å²) < 4.78 is 11.0. The first-order valence-corrected chi connectivity index (χ1v) is 11.6. The molecule has 1 amide bonds. The summed E-state index contributed by atoms with van der Waals surface area (Å²) in [6.07, 6.45) is 3.91. The van der Waals surface area contributed by atoms with Crippen LogP contribution in [-0.2, 0) is 16.0 Å². The predicted octanol–water partition coefficient (Wildman–Crippen LogP) is 3.12. The van der Waals surface area contributed by atoms with Crippen LogP contribution in [0.3, 0.4) is 0 Å². The first-order chi connectivity index (χ1) is 14.6. The molecule has 1 heterocycles. The van der Waals surface area contributed by atoms with Crippen LogP contribution in [0.1, 0.15) is 49.0 Å². The summed E-state index contributed by atoms with van der Waals surface area (Å²) in [7, 11) is 1.91. The molecule has 1 saturated heterocycles. The second-order valence-electron chi connectivity index (χ2n) is 8.00. The maximum absolute atomic E-state index is 12.8. The van der Waals surface area contributed by atoms with E-state index in [9.17, 15) is 4.79 Å². The molecule has 0 unspecified atom stereocenters. The lowest BCUT2D eigenvalue weighted by atomic mass is 10.1. The molecule has 0 N–H and O–H groups in total. The summed E-state index contributed by atoms with van der Waals surface area (Å²) in [5, 5.41) is 0. The van der Waals surface area contributed by atoms with Gasteiger partial charge in [0, 0.05) is 58.5 Å².